The van der Waals surface area contributed by atoms with E-state index in [9.17, 15) is 9.59 Å². The van der Waals surface area contributed by atoms with Crippen LogP contribution in [-0.4, -0.2) is 31.5 Å². The number of methoxy groups -OCH3 is 1. The number of hydrogen-bond donors (Lipinski definition) is 2. The van der Waals surface area contributed by atoms with Crippen LogP contribution in [0.25, 0.3) is 0 Å². The maximum atomic E-state index is 12.1. The summed E-state index contributed by atoms with van der Waals surface area (Å²) in [6.07, 6.45) is 3.75. The summed E-state index contributed by atoms with van der Waals surface area (Å²) in [5.74, 6) is 0.698. The lowest BCUT2D eigenvalue weighted by atomic mass is 10.1. The Labute approximate surface area is 125 Å². The minimum atomic E-state index is -0.384. The standard InChI is InChI=1S/C16H22N2O3/c1-21-13-6-4-5-12(11-13)9-10-17-16(20)14-7-2-3-8-15(19)18-14/h4-6,11,14H,2-3,7-10H2,1H3,(H,17,20)(H,18,19)/t14-/m0/s1. The lowest BCUT2D eigenvalue weighted by molar-refractivity contribution is -0.128. The third kappa shape index (κ3) is 4.77. The molecule has 0 radical (unpaired) electrons. The van der Waals surface area contributed by atoms with E-state index in [2.05, 4.69) is 10.6 Å². The SMILES string of the molecule is COc1cccc(CCNC(=O)[C@@H]2CCCCC(=O)N2)c1. The van der Waals surface area contributed by atoms with Crippen LogP contribution in [-0.2, 0) is 16.0 Å². The summed E-state index contributed by atoms with van der Waals surface area (Å²) in [6, 6.07) is 7.40. The molecule has 1 aliphatic rings. The van der Waals surface area contributed by atoms with Gasteiger partial charge in [0, 0.05) is 13.0 Å². The van der Waals surface area contributed by atoms with Crippen LogP contribution in [0.5, 0.6) is 5.75 Å². The number of carbonyl (C=O) groups is 2. The zero-order valence-electron chi connectivity index (χ0n) is 12.4. The Bertz CT molecular complexity index is 502. The first-order valence-corrected chi connectivity index (χ1v) is 7.39. The van der Waals surface area contributed by atoms with Crippen molar-refractivity contribution >= 4 is 11.8 Å². The van der Waals surface area contributed by atoms with Gasteiger partial charge in [-0.05, 0) is 37.0 Å². The maximum Gasteiger partial charge on any atom is 0.242 e. The molecule has 2 amide bonds. The summed E-state index contributed by atoms with van der Waals surface area (Å²) in [5, 5.41) is 5.67. The highest BCUT2D eigenvalue weighted by atomic mass is 16.5. The topological polar surface area (TPSA) is 67.4 Å². The van der Waals surface area contributed by atoms with Crippen molar-refractivity contribution in [3.8, 4) is 5.75 Å². The van der Waals surface area contributed by atoms with E-state index in [-0.39, 0.29) is 17.9 Å². The number of hydrogen-bond acceptors (Lipinski definition) is 3. The van der Waals surface area contributed by atoms with Crippen molar-refractivity contribution in [3.05, 3.63) is 29.8 Å². The Morgan fingerprint density at radius 1 is 1.43 bits per heavy atom. The quantitative estimate of drug-likeness (QED) is 0.861. The molecule has 1 heterocycles. The molecule has 114 valence electrons. The van der Waals surface area contributed by atoms with Gasteiger partial charge in [-0.25, -0.2) is 0 Å². The van der Waals surface area contributed by atoms with Gasteiger partial charge in [-0.1, -0.05) is 18.6 Å². The molecule has 1 aliphatic heterocycles. The minimum absolute atomic E-state index is 0.0274. The van der Waals surface area contributed by atoms with Crippen LogP contribution < -0.4 is 15.4 Å². The number of rotatable bonds is 5. The predicted octanol–water partition coefficient (Wildman–Crippen LogP) is 1.41. The van der Waals surface area contributed by atoms with Crippen molar-refractivity contribution in [3.63, 3.8) is 0 Å². The summed E-state index contributed by atoms with van der Waals surface area (Å²) < 4.78 is 5.17. The molecule has 21 heavy (non-hydrogen) atoms. The highest BCUT2D eigenvalue weighted by Crippen LogP contribution is 2.13. The second-order valence-electron chi connectivity index (χ2n) is 5.26. The van der Waals surface area contributed by atoms with E-state index in [0.717, 1.165) is 37.0 Å². The van der Waals surface area contributed by atoms with Crippen LogP contribution in [0.3, 0.4) is 0 Å². The molecule has 2 N–H and O–H groups in total. The third-order valence-electron chi connectivity index (χ3n) is 3.65. The van der Waals surface area contributed by atoms with Crippen LogP contribution >= 0.6 is 0 Å². The molecule has 1 fully saturated rings. The first kappa shape index (κ1) is 15.4. The van der Waals surface area contributed by atoms with Crippen molar-refractivity contribution in [1.29, 1.82) is 0 Å². The Hall–Kier alpha value is -2.04. The van der Waals surface area contributed by atoms with Crippen LogP contribution in [0.2, 0.25) is 0 Å². The molecule has 0 aliphatic carbocycles. The average Bonchev–Trinajstić information content (AvgIpc) is 2.72. The first-order valence-electron chi connectivity index (χ1n) is 7.39. The van der Waals surface area contributed by atoms with E-state index in [4.69, 9.17) is 4.74 Å². The number of carbonyl (C=O) groups excluding carboxylic acids is 2. The molecule has 5 heteroatoms. The number of benzene rings is 1. The van der Waals surface area contributed by atoms with E-state index in [0.29, 0.717) is 13.0 Å². The molecule has 0 saturated carbocycles. The Balaban J connectivity index is 1.79. The summed E-state index contributed by atoms with van der Waals surface area (Å²) in [6.45, 7) is 0.554. The van der Waals surface area contributed by atoms with Gasteiger partial charge in [0.15, 0.2) is 0 Å². The number of ether oxygens (including phenoxy) is 1. The van der Waals surface area contributed by atoms with Gasteiger partial charge in [-0.2, -0.15) is 0 Å². The Kier molecular flexibility index (Phi) is 5.60. The molecule has 2 rings (SSSR count). The predicted molar refractivity (Wildman–Crippen MR) is 80.1 cm³/mol. The zero-order chi connectivity index (χ0) is 15.1. The van der Waals surface area contributed by atoms with Crippen LogP contribution in [0.4, 0.5) is 0 Å². The molecular formula is C16H22N2O3. The fourth-order valence-electron chi connectivity index (χ4n) is 2.45. The van der Waals surface area contributed by atoms with E-state index in [1.807, 2.05) is 24.3 Å². The van der Waals surface area contributed by atoms with E-state index in [1.165, 1.54) is 0 Å². The first-order chi connectivity index (χ1) is 10.2. The molecule has 5 nitrogen and oxygen atoms in total. The van der Waals surface area contributed by atoms with Crippen LogP contribution in [0, 0.1) is 0 Å². The largest absolute Gasteiger partial charge is 0.497 e. The molecular weight excluding hydrogens is 268 g/mol. The second kappa shape index (κ2) is 7.67. The fourth-order valence-corrected chi connectivity index (χ4v) is 2.45. The van der Waals surface area contributed by atoms with Crippen molar-refractivity contribution in [2.75, 3.05) is 13.7 Å². The monoisotopic (exact) mass is 290 g/mol. The van der Waals surface area contributed by atoms with Gasteiger partial charge in [0.05, 0.1) is 7.11 Å². The summed E-state index contributed by atoms with van der Waals surface area (Å²) >= 11 is 0. The van der Waals surface area contributed by atoms with Crippen molar-refractivity contribution in [2.24, 2.45) is 0 Å². The van der Waals surface area contributed by atoms with Gasteiger partial charge in [0.25, 0.3) is 0 Å². The molecule has 0 aromatic heterocycles. The van der Waals surface area contributed by atoms with Crippen molar-refractivity contribution in [2.45, 2.75) is 38.1 Å². The lowest BCUT2D eigenvalue weighted by Gasteiger charge is -2.15. The number of nitrogens with one attached hydrogen (secondary N) is 2. The van der Waals surface area contributed by atoms with E-state index in [1.54, 1.807) is 7.11 Å². The van der Waals surface area contributed by atoms with Crippen LogP contribution in [0.1, 0.15) is 31.2 Å². The van der Waals surface area contributed by atoms with E-state index < -0.39 is 0 Å². The highest BCUT2D eigenvalue weighted by molar-refractivity contribution is 5.87. The molecule has 1 aromatic carbocycles. The van der Waals surface area contributed by atoms with Gasteiger partial charge in [0.2, 0.25) is 11.8 Å². The van der Waals surface area contributed by atoms with Gasteiger partial charge < -0.3 is 15.4 Å². The van der Waals surface area contributed by atoms with Gasteiger partial charge >= 0.3 is 0 Å². The molecule has 0 bridgehead atoms. The van der Waals surface area contributed by atoms with Gasteiger partial charge in [0.1, 0.15) is 11.8 Å². The minimum Gasteiger partial charge on any atom is -0.497 e. The zero-order valence-corrected chi connectivity index (χ0v) is 12.4. The number of amides is 2. The summed E-state index contributed by atoms with van der Waals surface area (Å²) in [5.41, 5.74) is 1.11. The van der Waals surface area contributed by atoms with Gasteiger partial charge in [-0.3, -0.25) is 9.59 Å². The van der Waals surface area contributed by atoms with Crippen molar-refractivity contribution < 1.29 is 14.3 Å². The average molecular weight is 290 g/mol. The highest BCUT2D eigenvalue weighted by Gasteiger charge is 2.22. The summed E-state index contributed by atoms with van der Waals surface area (Å²) in [7, 11) is 1.63. The second-order valence-corrected chi connectivity index (χ2v) is 5.26. The van der Waals surface area contributed by atoms with E-state index >= 15 is 0 Å². The lowest BCUT2D eigenvalue weighted by Crippen LogP contribution is -2.46. The van der Waals surface area contributed by atoms with Gasteiger partial charge in [-0.15, -0.1) is 0 Å². The normalized spacial score (nSPS) is 18.5. The third-order valence-corrected chi connectivity index (χ3v) is 3.65. The molecule has 1 saturated heterocycles. The molecule has 1 atom stereocenters. The summed E-state index contributed by atoms with van der Waals surface area (Å²) in [4.78, 5) is 23.5. The molecule has 0 unspecified atom stereocenters. The smallest absolute Gasteiger partial charge is 0.242 e. The van der Waals surface area contributed by atoms with Crippen molar-refractivity contribution in [1.82, 2.24) is 10.6 Å². The molecule has 0 spiro atoms. The Morgan fingerprint density at radius 3 is 3.10 bits per heavy atom. The fraction of sp³-hybridized carbons (Fsp3) is 0.500. The molecule has 1 aromatic rings. The van der Waals surface area contributed by atoms with Crippen LogP contribution in [0.15, 0.2) is 24.3 Å². The Morgan fingerprint density at radius 2 is 2.29 bits per heavy atom. The maximum absolute atomic E-state index is 12.1.